The summed E-state index contributed by atoms with van der Waals surface area (Å²) < 4.78 is 11.1. The number of carbonyl (C=O) groups is 1. The van der Waals surface area contributed by atoms with E-state index in [-0.39, 0.29) is 12.5 Å². The van der Waals surface area contributed by atoms with E-state index in [0.717, 1.165) is 30.8 Å². The minimum atomic E-state index is -0.242. The Labute approximate surface area is 154 Å². The van der Waals surface area contributed by atoms with Gasteiger partial charge in [-0.05, 0) is 38.5 Å². The average Bonchev–Trinajstić information content (AvgIpc) is 2.63. The molecule has 140 valence electrons. The van der Waals surface area contributed by atoms with Crippen molar-refractivity contribution in [3.8, 4) is 11.6 Å². The maximum atomic E-state index is 12.2. The van der Waals surface area contributed by atoms with Gasteiger partial charge in [0.15, 0.2) is 0 Å². The average molecular weight is 357 g/mol. The molecule has 0 unspecified atom stereocenters. The third-order valence-corrected chi connectivity index (χ3v) is 3.62. The summed E-state index contributed by atoms with van der Waals surface area (Å²) in [5, 5.41) is 6.24. The molecule has 0 fully saturated rings. The molecule has 0 radical (unpaired) electrons. The lowest BCUT2D eigenvalue weighted by atomic mass is 10.2. The lowest BCUT2D eigenvalue weighted by Crippen LogP contribution is -2.20. The second-order valence-electron chi connectivity index (χ2n) is 5.87. The Morgan fingerprint density at radius 2 is 1.96 bits per heavy atom. The molecule has 0 spiro atoms. The zero-order valence-corrected chi connectivity index (χ0v) is 15.7. The number of carbonyl (C=O) groups excluding carboxylic acids is 1. The predicted octanol–water partition coefficient (Wildman–Crippen LogP) is 4.37. The Morgan fingerprint density at radius 3 is 2.65 bits per heavy atom. The molecule has 0 saturated heterocycles. The van der Waals surface area contributed by atoms with Crippen molar-refractivity contribution in [1.82, 2.24) is 4.98 Å². The summed E-state index contributed by atoms with van der Waals surface area (Å²) in [6, 6.07) is 11.3. The van der Waals surface area contributed by atoms with E-state index in [4.69, 9.17) is 9.47 Å². The summed E-state index contributed by atoms with van der Waals surface area (Å²) in [5.74, 6) is 0.777. The molecule has 2 rings (SSSR count). The molecule has 0 aliphatic rings. The number of aryl methyl sites for hydroxylation is 1. The van der Waals surface area contributed by atoms with E-state index in [9.17, 15) is 4.79 Å². The molecule has 0 atom stereocenters. The van der Waals surface area contributed by atoms with Gasteiger partial charge in [-0.3, -0.25) is 4.79 Å². The topological polar surface area (TPSA) is 72.5 Å². The molecule has 1 heterocycles. The van der Waals surface area contributed by atoms with Crippen molar-refractivity contribution < 1.29 is 14.3 Å². The molecule has 0 saturated carbocycles. The highest BCUT2D eigenvalue weighted by Gasteiger charge is 2.16. The number of anilines is 2. The lowest BCUT2D eigenvalue weighted by molar-refractivity contribution is -0.120. The van der Waals surface area contributed by atoms with Gasteiger partial charge >= 0.3 is 0 Å². The van der Waals surface area contributed by atoms with Gasteiger partial charge in [0.05, 0.1) is 5.69 Å². The minimum Gasteiger partial charge on any atom is -0.437 e. The molecule has 0 bridgehead atoms. The maximum Gasteiger partial charge on any atom is 0.250 e. The third-order valence-electron chi connectivity index (χ3n) is 3.62. The van der Waals surface area contributed by atoms with Gasteiger partial charge in [-0.1, -0.05) is 31.5 Å². The van der Waals surface area contributed by atoms with Crippen molar-refractivity contribution in [2.45, 2.75) is 33.6 Å². The largest absolute Gasteiger partial charge is 0.437 e. The van der Waals surface area contributed by atoms with Crippen LogP contribution in [0.5, 0.6) is 11.6 Å². The van der Waals surface area contributed by atoms with Gasteiger partial charge < -0.3 is 20.1 Å². The monoisotopic (exact) mass is 357 g/mol. The summed E-state index contributed by atoms with van der Waals surface area (Å²) in [4.78, 5) is 16.7. The molecule has 0 aliphatic heterocycles. The quantitative estimate of drug-likeness (QED) is 0.618. The van der Waals surface area contributed by atoms with Crippen molar-refractivity contribution >= 4 is 17.3 Å². The number of aromatic nitrogens is 1. The predicted molar refractivity (Wildman–Crippen MR) is 104 cm³/mol. The lowest BCUT2D eigenvalue weighted by Gasteiger charge is -2.17. The number of amides is 1. The molecule has 1 aromatic carbocycles. The second kappa shape index (κ2) is 10.4. The van der Waals surface area contributed by atoms with Gasteiger partial charge in [0.25, 0.3) is 5.91 Å². The van der Waals surface area contributed by atoms with Crippen LogP contribution >= 0.6 is 0 Å². The summed E-state index contributed by atoms with van der Waals surface area (Å²) in [5.41, 5.74) is 2.12. The van der Waals surface area contributed by atoms with Crippen LogP contribution < -0.4 is 15.4 Å². The van der Waals surface area contributed by atoms with Gasteiger partial charge in [-0.25, -0.2) is 4.98 Å². The van der Waals surface area contributed by atoms with Crippen LogP contribution in [0.4, 0.5) is 11.4 Å². The smallest absolute Gasteiger partial charge is 0.250 e. The number of nitrogens with zero attached hydrogens (tertiary/aromatic N) is 1. The fourth-order valence-electron chi connectivity index (χ4n) is 2.35. The first kappa shape index (κ1) is 19.7. The van der Waals surface area contributed by atoms with Crippen molar-refractivity contribution in [1.29, 1.82) is 0 Å². The van der Waals surface area contributed by atoms with Crippen LogP contribution in [0.3, 0.4) is 0 Å². The molecule has 0 aliphatic carbocycles. The highest BCUT2D eigenvalue weighted by atomic mass is 16.5. The first-order chi connectivity index (χ1) is 12.6. The maximum absolute atomic E-state index is 12.2. The van der Waals surface area contributed by atoms with Crippen molar-refractivity contribution in [2.24, 2.45) is 0 Å². The van der Waals surface area contributed by atoms with Crippen LogP contribution in [0.25, 0.3) is 0 Å². The van der Waals surface area contributed by atoms with Gasteiger partial charge in [0.2, 0.25) is 5.88 Å². The fraction of sp³-hybridized carbons (Fsp3) is 0.400. The van der Waals surface area contributed by atoms with E-state index in [1.807, 2.05) is 50.2 Å². The zero-order chi connectivity index (χ0) is 18.8. The van der Waals surface area contributed by atoms with E-state index in [2.05, 4.69) is 22.5 Å². The number of unbranched alkanes of at least 4 members (excludes halogenated alkanes) is 1. The molecular formula is C20H27N3O3. The first-order valence-corrected chi connectivity index (χ1v) is 9.00. The first-order valence-electron chi connectivity index (χ1n) is 9.00. The van der Waals surface area contributed by atoms with Crippen LogP contribution in [0.15, 0.2) is 36.4 Å². The molecule has 6 nitrogen and oxygen atoms in total. The summed E-state index contributed by atoms with van der Waals surface area (Å²) in [6.45, 7) is 7.16. The minimum absolute atomic E-state index is 0.0104. The number of para-hydroxylation sites is 1. The Bertz CT molecular complexity index is 705. The summed E-state index contributed by atoms with van der Waals surface area (Å²) >= 11 is 0. The van der Waals surface area contributed by atoms with Crippen LogP contribution in [0, 0.1) is 6.92 Å². The normalized spacial score (nSPS) is 10.4. The molecule has 1 aromatic heterocycles. The summed E-state index contributed by atoms with van der Waals surface area (Å²) in [6.07, 6.45) is 2.11. The Hall–Kier alpha value is -2.60. The van der Waals surface area contributed by atoms with Crippen molar-refractivity contribution in [3.63, 3.8) is 0 Å². The Kier molecular flexibility index (Phi) is 7.89. The van der Waals surface area contributed by atoms with Crippen LogP contribution in [0.2, 0.25) is 0 Å². The van der Waals surface area contributed by atoms with Gasteiger partial charge in [-0.2, -0.15) is 0 Å². The van der Waals surface area contributed by atoms with E-state index < -0.39 is 0 Å². The SMILES string of the molecule is CCCCNc1cc(C)nc(Oc2ccccc2)c1NC(=O)COCC. The van der Waals surface area contributed by atoms with E-state index in [0.29, 0.717) is 23.9 Å². The molecular weight excluding hydrogens is 330 g/mol. The molecule has 6 heteroatoms. The van der Waals surface area contributed by atoms with Gasteiger partial charge in [0, 0.05) is 18.8 Å². The highest BCUT2D eigenvalue weighted by Crippen LogP contribution is 2.35. The standard InChI is InChI=1S/C20H27N3O3/c1-4-6-12-21-17-13-15(3)22-20(26-16-10-8-7-9-11-16)19(17)23-18(24)14-25-5-2/h7-11,13H,4-6,12,14H2,1-3H3,(H,21,22)(H,23,24). The Morgan fingerprint density at radius 1 is 1.19 bits per heavy atom. The number of pyridine rings is 1. The van der Waals surface area contributed by atoms with Crippen LogP contribution in [-0.4, -0.2) is 30.6 Å². The molecule has 1 amide bonds. The number of benzene rings is 1. The van der Waals surface area contributed by atoms with Gasteiger partial charge in [-0.15, -0.1) is 0 Å². The number of nitrogens with one attached hydrogen (secondary N) is 2. The fourth-order valence-corrected chi connectivity index (χ4v) is 2.35. The second-order valence-corrected chi connectivity index (χ2v) is 5.87. The van der Waals surface area contributed by atoms with Crippen molar-refractivity contribution in [2.75, 3.05) is 30.4 Å². The zero-order valence-electron chi connectivity index (χ0n) is 15.7. The van der Waals surface area contributed by atoms with Gasteiger partial charge in [0.1, 0.15) is 18.0 Å². The number of ether oxygens (including phenoxy) is 2. The van der Waals surface area contributed by atoms with Crippen LogP contribution in [-0.2, 0) is 9.53 Å². The summed E-state index contributed by atoms with van der Waals surface area (Å²) in [7, 11) is 0. The van der Waals surface area contributed by atoms with E-state index in [1.54, 1.807) is 0 Å². The Balaban J connectivity index is 2.31. The van der Waals surface area contributed by atoms with E-state index in [1.165, 1.54) is 0 Å². The van der Waals surface area contributed by atoms with E-state index >= 15 is 0 Å². The number of hydrogen-bond donors (Lipinski definition) is 2. The number of hydrogen-bond acceptors (Lipinski definition) is 5. The molecule has 2 aromatic rings. The third kappa shape index (κ3) is 6.04. The molecule has 26 heavy (non-hydrogen) atoms. The van der Waals surface area contributed by atoms with Crippen molar-refractivity contribution in [3.05, 3.63) is 42.1 Å². The van der Waals surface area contributed by atoms with Crippen LogP contribution in [0.1, 0.15) is 32.4 Å². The highest BCUT2D eigenvalue weighted by molar-refractivity contribution is 5.96. The molecule has 2 N–H and O–H groups in total. The number of rotatable bonds is 10.